The summed E-state index contributed by atoms with van der Waals surface area (Å²) in [5.74, 6) is 0. The van der Waals surface area contributed by atoms with E-state index in [1.807, 2.05) is 6.26 Å². The minimum Gasteiger partial charge on any atom is -0.395 e. The zero-order chi connectivity index (χ0) is 12.8. The topological polar surface area (TPSA) is 32.3 Å². The first-order chi connectivity index (χ1) is 8.08. The molecule has 0 heterocycles. The third kappa shape index (κ3) is 4.62. The minimum absolute atomic E-state index is 0.215. The fourth-order valence-corrected chi connectivity index (χ4v) is 2.67. The van der Waals surface area contributed by atoms with Crippen LogP contribution in [0.15, 0.2) is 22.7 Å². The fourth-order valence-electron chi connectivity index (χ4n) is 1.59. The van der Waals surface area contributed by atoms with Gasteiger partial charge < -0.3 is 10.4 Å². The Morgan fingerprint density at radius 2 is 2.18 bits per heavy atom. The first-order valence-corrected chi connectivity index (χ1v) is 7.78. The van der Waals surface area contributed by atoms with Crippen molar-refractivity contribution in [2.24, 2.45) is 0 Å². The summed E-state index contributed by atoms with van der Waals surface area (Å²) in [6, 6.07) is 6.69. The van der Waals surface area contributed by atoms with E-state index in [0.29, 0.717) is 6.04 Å². The molecule has 0 saturated heterocycles. The molecule has 0 saturated carbocycles. The normalized spacial score (nSPS) is 14.6. The third-order valence-electron chi connectivity index (χ3n) is 2.90. The molecule has 1 aromatic rings. The summed E-state index contributed by atoms with van der Waals surface area (Å²) in [6.45, 7) is 5.24. The molecule has 1 aromatic carbocycles. The molecule has 2 nitrogen and oxygen atoms in total. The van der Waals surface area contributed by atoms with Gasteiger partial charge in [-0.05, 0) is 37.3 Å². The molecule has 0 aliphatic carbocycles. The van der Waals surface area contributed by atoms with Crippen LogP contribution in [-0.2, 0) is 6.54 Å². The molecular weight excluding hydrogens is 298 g/mol. The number of aryl methyl sites for hydroxylation is 1. The highest BCUT2D eigenvalue weighted by molar-refractivity contribution is 9.10. The standard InChI is InChI=1S/C13H20BrNOS/c1-9-4-5-11(6-12(9)14)7-15-10(2)13(8-16)17-3/h4-6,10,13,15-16H,7-8H2,1-3H3. The molecule has 0 aromatic heterocycles. The number of halogens is 1. The quantitative estimate of drug-likeness (QED) is 0.846. The smallest absolute Gasteiger partial charge is 0.0564 e. The second-order valence-electron chi connectivity index (χ2n) is 4.21. The molecule has 96 valence electrons. The summed E-state index contributed by atoms with van der Waals surface area (Å²) in [5, 5.41) is 12.9. The van der Waals surface area contributed by atoms with E-state index in [0.717, 1.165) is 11.0 Å². The molecule has 0 bridgehead atoms. The lowest BCUT2D eigenvalue weighted by atomic mass is 10.1. The maximum absolute atomic E-state index is 9.21. The van der Waals surface area contributed by atoms with Crippen LogP contribution in [0.1, 0.15) is 18.1 Å². The first-order valence-electron chi connectivity index (χ1n) is 5.70. The van der Waals surface area contributed by atoms with E-state index in [1.165, 1.54) is 11.1 Å². The van der Waals surface area contributed by atoms with Crippen LogP contribution in [0.4, 0.5) is 0 Å². The number of rotatable bonds is 6. The van der Waals surface area contributed by atoms with Crippen LogP contribution in [0.5, 0.6) is 0 Å². The molecule has 0 amide bonds. The van der Waals surface area contributed by atoms with Crippen molar-refractivity contribution < 1.29 is 5.11 Å². The highest BCUT2D eigenvalue weighted by Crippen LogP contribution is 2.18. The van der Waals surface area contributed by atoms with Gasteiger partial charge in [0.25, 0.3) is 0 Å². The van der Waals surface area contributed by atoms with Gasteiger partial charge in [-0.25, -0.2) is 0 Å². The number of aliphatic hydroxyl groups excluding tert-OH is 1. The van der Waals surface area contributed by atoms with Gasteiger partial charge in [0.2, 0.25) is 0 Å². The maximum atomic E-state index is 9.21. The zero-order valence-electron chi connectivity index (χ0n) is 10.5. The number of nitrogens with one attached hydrogen (secondary N) is 1. The van der Waals surface area contributed by atoms with Crippen molar-refractivity contribution in [1.29, 1.82) is 0 Å². The van der Waals surface area contributed by atoms with Gasteiger partial charge in [0.05, 0.1) is 6.61 Å². The molecule has 2 atom stereocenters. The highest BCUT2D eigenvalue weighted by atomic mass is 79.9. The highest BCUT2D eigenvalue weighted by Gasteiger charge is 2.14. The van der Waals surface area contributed by atoms with Crippen LogP contribution in [0.3, 0.4) is 0 Å². The van der Waals surface area contributed by atoms with E-state index >= 15 is 0 Å². The van der Waals surface area contributed by atoms with Crippen molar-refractivity contribution in [1.82, 2.24) is 5.32 Å². The van der Waals surface area contributed by atoms with Crippen LogP contribution in [0, 0.1) is 6.92 Å². The molecule has 0 fully saturated rings. The van der Waals surface area contributed by atoms with Gasteiger partial charge in [-0.3, -0.25) is 0 Å². The van der Waals surface area contributed by atoms with Crippen LogP contribution in [0.2, 0.25) is 0 Å². The van der Waals surface area contributed by atoms with Crippen molar-refractivity contribution in [2.45, 2.75) is 31.7 Å². The summed E-state index contributed by atoms with van der Waals surface area (Å²) >= 11 is 5.23. The monoisotopic (exact) mass is 317 g/mol. The van der Waals surface area contributed by atoms with Crippen LogP contribution < -0.4 is 5.32 Å². The van der Waals surface area contributed by atoms with E-state index in [1.54, 1.807) is 11.8 Å². The van der Waals surface area contributed by atoms with Crippen LogP contribution >= 0.6 is 27.7 Å². The molecule has 2 unspecified atom stereocenters. The van der Waals surface area contributed by atoms with Crippen molar-refractivity contribution in [3.05, 3.63) is 33.8 Å². The predicted molar refractivity (Wildman–Crippen MR) is 79.6 cm³/mol. The van der Waals surface area contributed by atoms with Crippen molar-refractivity contribution in [3.8, 4) is 0 Å². The van der Waals surface area contributed by atoms with Gasteiger partial charge in [0.15, 0.2) is 0 Å². The Hall–Kier alpha value is -0.0300. The predicted octanol–water partition coefficient (Wildman–Crippen LogP) is 2.96. The third-order valence-corrected chi connectivity index (χ3v) is 4.92. The summed E-state index contributed by atoms with van der Waals surface area (Å²) in [5.41, 5.74) is 2.51. The molecule has 0 aliphatic rings. The molecule has 4 heteroatoms. The summed E-state index contributed by atoms with van der Waals surface area (Å²) < 4.78 is 1.15. The number of thioether (sulfide) groups is 1. The Morgan fingerprint density at radius 1 is 1.47 bits per heavy atom. The molecular formula is C13H20BrNOS. The number of aliphatic hydroxyl groups is 1. The summed E-state index contributed by atoms with van der Waals surface area (Å²) in [4.78, 5) is 0. The molecule has 0 radical (unpaired) electrons. The number of hydrogen-bond acceptors (Lipinski definition) is 3. The van der Waals surface area contributed by atoms with E-state index in [2.05, 4.69) is 53.3 Å². The average Bonchev–Trinajstić information content (AvgIpc) is 2.32. The van der Waals surface area contributed by atoms with Crippen molar-refractivity contribution in [2.75, 3.05) is 12.9 Å². The van der Waals surface area contributed by atoms with Gasteiger partial charge >= 0.3 is 0 Å². The van der Waals surface area contributed by atoms with E-state index in [-0.39, 0.29) is 11.9 Å². The number of hydrogen-bond donors (Lipinski definition) is 2. The second kappa shape index (κ2) is 7.41. The average molecular weight is 318 g/mol. The molecule has 2 N–H and O–H groups in total. The zero-order valence-corrected chi connectivity index (χ0v) is 12.9. The van der Waals surface area contributed by atoms with Crippen LogP contribution in [-0.4, -0.2) is 29.3 Å². The van der Waals surface area contributed by atoms with E-state index < -0.39 is 0 Å². The SMILES string of the molecule is CSC(CO)C(C)NCc1ccc(C)c(Br)c1. The maximum Gasteiger partial charge on any atom is 0.0564 e. The Balaban J connectivity index is 2.52. The van der Waals surface area contributed by atoms with Gasteiger partial charge in [-0.15, -0.1) is 0 Å². The van der Waals surface area contributed by atoms with E-state index in [9.17, 15) is 5.11 Å². The fraction of sp³-hybridized carbons (Fsp3) is 0.538. The van der Waals surface area contributed by atoms with Gasteiger partial charge in [-0.1, -0.05) is 28.1 Å². The van der Waals surface area contributed by atoms with Crippen molar-refractivity contribution in [3.63, 3.8) is 0 Å². The Morgan fingerprint density at radius 3 is 2.71 bits per heavy atom. The Labute approximate surface area is 116 Å². The van der Waals surface area contributed by atoms with E-state index in [4.69, 9.17) is 0 Å². The molecule has 0 spiro atoms. The first kappa shape index (κ1) is 15.0. The van der Waals surface area contributed by atoms with Gasteiger partial charge in [0.1, 0.15) is 0 Å². The van der Waals surface area contributed by atoms with Crippen molar-refractivity contribution >= 4 is 27.7 Å². The van der Waals surface area contributed by atoms with Gasteiger partial charge in [0, 0.05) is 22.3 Å². The largest absolute Gasteiger partial charge is 0.395 e. The minimum atomic E-state index is 0.215. The molecule has 0 aliphatic heterocycles. The lowest BCUT2D eigenvalue weighted by Gasteiger charge is -2.21. The Kier molecular flexibility index (Phi) is 6.55. The van der Waals surface area contributed by atoms with Crippen LogP contribution in [0.25, 0.3) is 0 Å². The molecule has 17 heavy (non-hydrogen) atoms. The summed E-state index contributed by atoms with van der Waals surface area (Å²) in [6.07, 6.45) is 2.03. The van der Waals surface area contributed by atoms with Gasteiger partial charge in [-0.2, -0.15) is 11.8 Å². The summed E-state index contributed by atoms with van der Waals surface area (Å²) in [7, 11) is 0. The Bertz CT molecular complexity index is 355. The molecule has 1 rings (SSSR count). The number of benzene rings is 1. The lowest BCUT2D eigenvalue weighted by Crippen LogP contribution is -2.37. The second-order valence-corrected chi connectivity index (χ2v) is 6.14. The lowest BCUT2D eigenvalue weighted by molar-refractivity contribution is 0.276.